The van der Waals surface area contributed by atoms with Crippen LogP contribution in [0.1, 0.15) is 113 Å². The van der Waals surface area contributed by atoms with Crippen LogP contribution in [0.4, 0.5) is 0 Å². The normalized spacial score (nSPS) is 60.7. The Kier molecular flexibility index (Phi) is 4.11. The minimum Gasteiger partial charge on any atom is -0.344 e. The number of carbonyl (C=O) groups excluding carboxylic acids is 1. The zero-order chi connectivity index (χ0) is 24.2. The van der Waals surface area contributed by atoms with Crippen LogP contribution in [-0.4, -0.2) is 23.3 Å². The fraction of sp³-hybridized carbons (Fsp3) is 0.967. The molecule has 0 aromatic carbocycles. The molecule has 10 atom stereocenters. The van der Waals surface area contributed by atoms with Crippen molar-refractivity contribution in [2.75, 3.05) is 0 Å². The van der Waals surface area contributed by atoms with Gasteiger partial charge in [0, 0.05) is 24.7 Å². The number of fused-ring (bicyclic) bond motifs is 4. The fourth-order valence-electron chi connectivity index (χ4n) is 12.4. The number of ether oxygens (including phenoxy) is 1. The molecule has 2 saturated heterocycles. The molecule has 0 aromatic rings. The third-order valence-electron chi connectivity index (χ3n) is 13.6. The average molecular weight is 471 g/mol. The van der Waals surface area contributed by atoms with E-state index >= 15 is 0 Å². The van der Waals surface area contributed by atoms with Gasteiger partial charge in [-0.2, -0.15) is 0 Å². The van der Waals surface area contributed by atoms with Crippen molar-refractivity contribution >= 4 is 5.78 Å². The summed E-state index contributed by atoms with van der Waals surface area (Å²) in [5.41, 5.74) is 1.13. The zero-order valence-electron chi connectivity index (χ0n) is 22.6. The van der Waals surface area contributed by atoms with E-state index in [9.17, 15) is 4.79 Å². The Balaban J connectivity index is 1.24. The fourth-order valence-corrected chi connectivity index (χ4v) is 12.4. The first-order valence-electron chi connectivity index (χ1n) is 14.3. The smallest absolute Gasteiger partial charge is 0.205 e. The highest BCUT2D eigenvalue weighted by molar-refractivity contribution is 5.86. The van der Waals surface area contributed by atoms with Gasteiger partial charge in [-0.3, -0.25) is 4.79 Å². The van der Waals surface area contributed by atoms with Crippen LogP contribution in [0.2, 0.25) is 0 Å². The van der Waals surface area contributed by atoms with Crippen molar-refractivity contribution < 1.29 is 19.3 Å². The summed E-state index contributed by atoms with van der Waals surface area (Å²) in [4.78, 5) is 24.6. The number of ketones is 1. The lowest BCUT2D eigenvalue weighted by molar-refractivity contribution is -0.421. The van der Waals surface area contributed by atoms with E-state index in [1.54, 1.807) is 0 Å². The molecule has 0 amide bonds. The van der Waals surface area contributed by atoms with E-state index in [4.69, 9.17) is 14.5 Å². The minimum absolute atomic E-state index is 0.130. The Morgan fingerprint density at radius 1 is 0.794 bits per heavy atom. The van der Waals surface area contributed by atoms with Crippen molar-refractivity contribution in [3.05, 3.63) is 0 Å². The molecule has 34 heavy (non-hydrogen) atoms. The summed E-state index contributed by atoms with van der Waals surface area (Å²) in [5, 5.41) is 0. The van der Waals surface area contributed by atoms with E-state index in [0.717, 1.165) is 31.6 Å². The summed E-state index contributed by atoms with van der Waals surface area (Å²) in [6.07, 6.45) is 11.8. The lowest BCUT2D eigenvalue weighted by Gasteiger charge is -2.62. The molecule has 0 unspecified atom stereocenters. The van der Waals surface area contributed by atoms with Crippen LogP contribution in [-0.2, 0) is 19.3 Å². The summed E-state index contributed by atoms with van der Waals surface area (Å²) in [6.45, 7) is 16.5. The molecular formula is C30H46O4. The maximum absolute atomic E-state index is 12.9. The van der Waals surface area contributed by atoms with Gasteiger partial charge in [-0.05, 0) is 104 Å². The molecule has 0 N–H and O–H groups in total. The number of Topliss-reactive ketones (excluding diaryl/α,β-unsaturated/α-hetero) is 1. The Labute approximate surface area is 206 Å². The second-order valence-electron chi connectivity index (χ2n) is 15.7. The molecule has 2 aliphatic heterocycles. The van der Waals surface area contributed by atoms with E-state index < -0.39 is 5.79 Å². The molecule has 0 bridgehead atoms. The first-order chi connectivity index (χ1) is 15.7. The summed E-state index contributed by atoms with van der Waals surface area (Å²) < 4.78 is 6.97. The van der Waals surface area contributed by atoms with Gasteiger partial charge in [-0.1, -0.05) is 34.6 Å². The van der Waals surface area contributed by atoms with E-state index in [0.29, 0.717) is 45.2 Å². The number of hydrogen-bond donors (Lipinski definition) is 0. The molecule has 2 heterocycles. The molecule has 7 rings (SSSR count). The van der Waals surface area contributed by atoms with Gasteiger partial charge < -0.3 is 4.74 Å². The third-order valence-corrected chi connectivity index (χ3v) is 13.6. The SMILES string of the molecule is C[C@@H]1C[C@@]2(CC(C)(C)OO2)O[C@H]2C[C@@]3(C)[C@@H]4CC[C@H]5C(C)(C)C(=O)CC[C@@]56C[C@@]46CC[C@]3(C)[C@@H]12. The van der Waals surface area contributed by atoms with Gasteiger partial charge in [0.1, 0.15) is 11.4 Å². The van der Waals surface area contributed by atoms with Crippen molar-refractivity contribution in [1.82, 2.24) is 0 Å². The molecule has 7 aliphatic rings. The van der Waals surface area contributed by atoms with E-state index in [1.807, 2.05) is 0 Å². The highest BCUT2D eigenvalue weighted by atomic mass is 17.2. The second kappa shape index (κ2) is 6.16. The Morgan fingerprint density at radius 3 is 2.21 bits per heavy atom. The van der Waals surface area contributed by atoms with Gasteiger partial charge in [0.15, 0.2) is 0 Å². The summed E-state index contributed by atoms with van der Waals surface area (Å²) >= 11 is 0. The van der Waals surface area contributed by atoms with Gasteiger partial charge in [0.2, 0.25) is 5.79 Å². The molecule has 0 radical (unpaired) electrons. The Bertz CT molecular complexity index is 955. The maximum Gasteiger partial charge on any atom is 0.205 e. The number of rotatable bonds is 0. The minimum atomic E-state index is -0.561. The monoisotopic (exact) mass is 470 g/mol. The van der Waals surface area contributed by atoms with Crippen LogP contribution in [0.25, 0.3) is 0 Å². The van der Waals surface area contributed by atoms with Gasteiger partial charge in [0.05, 0.1) is 6.10 Å². The molecule has 5 saturated carbocycles. The van der Waals surface area contributed by atoms with Crippen LogP contribution < -0.4 is 0 Å². The maximum atomic E-state index is 12.9. The van der Waals surface area contributed by atoms with Crippen LogP contribution in [0.15, 0.2) is 0 Å². The van der Waals surface area contributed by atoms with Crippen LogP contribution >= 0.6 is 0 Å². The van der Waals surface area contributed by atoms with E-state index in [1.165, 1.54) is 38.5 Å². The first-order valence-corrected chi connectivity index (χ1v) is 14.3. The summed E-state index contributed by atoms with van der Waals surface area (Å²) in [5.74, 6) is 2.51. The van der Waals surface area contributed by atoms with E-state index in [2.05, 4.69) is 48.5 Å². The van der Waals surface area contributed by atoms with Gasteiger partial charge in [-0.15, -0.1) is 0 Å². The Morgan fingerprint density at radius 2 is 1.50 bits per heavy atom. The molecule has 0 aromatic heterocycles. The number of carbonyl (C=O) groups is 1. The van der Waals surface area contributed by atoms with Crippen molar-refractivity contribution in [2.24, 2.45) is 50.7 Å². The quantitative estimate of drug-likeness (QED) is 0.363. The molecule has 3 spiro atoms. The second-order valence-corrected chi connectivity index (χ2v) is 15.7. The standard InChI is InChI=1S/C30H46O4/c1-18-14-30(16-24(2,3)33-34-30)32-19-15-27(7)21-9-8-20-25(4,5)22(31)10-11-28(20)17-29(21,28)13-12-26(27,6)23(18)19/h18-21,23H,8-17H2,1-7H3/t18-,19+,20+,21+,23+,26-,27+,28-,29+,30-/m1/s1. The highest BCUT2D eigenvalue weighted by Gasteiger charge is 2.83. The third kappa shape index (κ3) is 2.37. The van der Waals surface area contributed by atoms with Crippen LogP contribution in [0.3, 0.4) is 0 Å². The molecule has 190 valence electrons. The molecule has 4 nitrogen and oxygen atoms in total. The average Bonchev–Trinajstić information content (AvgIpc) is 3.22. The van der Waals surface area contributed by atoms with Crippen molar-refractivity contribution in [3.63, 3.8) is 0 Å². The van der Waals surface area contributed by atoms with Crippen molar-refractivity contribution in [2.45, 2.75) is 130 Å². The Hall–Kier alpha value is -0.450. The van der Waals surface area contributed by atoms with E-state index in [-0.39, 0.29) is 17.1 Å². The molecule has 7 fully saturated rings. The molecular weight excluding hydrogens is 424 g/mol. The van der Waals surface area contributed by atoms with Gasteiger partial charge >= 0.3 is 0 Å². The topological polar surface area (TPSA) is 44.8 Å². The zero-order valence-corrected chi connectivity index (χ0v) is 22.6. The largest absolute Gasteiger partial charge is 0.344 e. The van der Waals surface area contributed by atoms with Gasteiger partial charge in [-0.25, -0.2) is 9.78 Å². The van der Waals surface area contributed by atoms with Crippen molar-refractivity contribution in [1.29, 1.82) is 0 Å². The predicted octanol–water partition coefficient (Wildman–Crippen LogP) is 6.86. The highest BCUT2D eigenvalue weighted by Crippen LogP contribution is 2.89. The number of hydrogen-bond acceptors (Lipinski definition) is 4. The lowest BCUT2D eigenvalue weighted by atomic mass is 9.42. The lowest BCUT2D eigenvalue weighted by Crippen LogP contribution is -2.57. The molecule has 4 heteroatoms. The van der Waals surface area contributed by atoms with Crippen LogP contribution in [0.5, 0.6) is 0 Å². The predicted molar refractivity (Wildman–Crippen MR) is 130 cm³/mol. The summed E-state index contributed by atoms with van der Waals surface area (Å²) in [6, 6.07) is 0. The summed E-state index contributed by atoms with van der Waals surface area (Å²) in [7, 11) is 0. The van der Waals surface area contributed by atoms with Gasteiger partial charge in [0.25, 0.3) is 0 Å². The molecule has 5 aliphatic carbocycles. The van der Waals surface area contributed by atoms with Crippen molar-refractivity contribution in [3.8, 4) is 0 Å². The first kappa shape index (κ1) is 22.7. The van der Waals surface area contributed by atoms with Crippen LogP contribution in [0, 0.1) is 50.7 Å².